The van der Waals surface area contributed by atoms with E-state index in [-0.39, 0.29) is 36.5 Å². The normalized spacial score (nSPS) is 14.6. The van der Waals surface area contributed by atoms with Crippen molar-refractivity contribution >= 4 is 23.2 Å². The number of aliphatic hydroxyl groups is 1. The van der Waals surface area contributed by atoms with Crippen molar-refractivity contribution in [2.24, 2.45) is 0 Å². The van der Waals surface area contributed by atoms with Crippen LogP contribution in [-0.2, 0) is 5.41 Å². The number of hydrogen-bond acceptors (Lipinski definition) is 7. The van der Waals surface area contributed by atoms with Crippen LogP contribution in [-0.4, -0.2) is 56.1 Å². The largest absolute Gasteiger partial charge is 0.497 e. The van der Waals surface area contributed by atoms with Crippen LogP contribution in [0.3, 0.4) is 0 Å². The van der Waals surface area contributed by atoms with E-state index < -0.39 is 0 Å². The molecule has 0 unspecified atom stereocenters. The molecule has 1 aliphatic rings. The second-order valence-corrected chi connectivity index (χ2v) is 11.6. The summed E-state index contributed by atoms with van der Waals surface area (Å²) in [6.07, 6.45) is 3.32. The predicted octanol–water partition coefficient (Wildman–Crippen LogP) is 5.65. The monoisotopic (exact) mass is 575 g/mol. The summed E-state index contributed by atoms with van der Waals surface area (Å²) in [7, 11) is 1.67. The number of carbonyl (C=O) groups excluding carboxylic acids is 1. The lowest BCUT2D eigenvalue weighted by Crippen LogP contribution is -2.50. The standard InChI is InChI=1S/C33H45N5O4/c1-22(2)27-19-25(34)20-28(23(3)4)30(27)37-32(40)36-21-33(24-8-6-9-26(18-24)41-5)11-14-38(15-12-33)31-29(42-17-16-39)10-7-13-35-31/h6-10,13,18-20,22-23,39H,11-12,14-17,21,34H2,1-5H3,(H2,36,37,40). The maximum absolute atomic E-state index is 13.5. The van der Waals surface area contributed by atoms with Crippen molar-refractivity contribution in [1.82, 2.24) is 10.3 Å². The van der Waals surface area contributed by atoms with Gasteiger partial charge in [-0.2, -0.15) is 0 Å². The molecule has 4 rings (SSSR count). The number of pyridine rings is 1. The predicted molar refractivity (Wildman–Crippen MR) is 169 cm³/mol. The summed E-state index contributed by atoms with van der Waals surface area (Å²) >= 11 is 0. The number of anilines is 3. The molecular weight excluding hydrogens is 530 g/mol. The first-order chi connectivity index (χ1) is 20.2. The Balaban J connectivity index is 1.57. The number of nitrogen functional groups attached to an aromatic ring is 1. The molecule has 42 heavy (non-hydrogen) atoms. The van der Waals surface area contributed by atoms with Crippen molar-refractivity contribution in [3.63, 3.8) is 0 Å². The molecule has 0 aliphatic carbocycles. The molecule has 9 nitrogen and oxygen atoms in total. The molecule has 1 aliphatic heterocycles. The van der Waals surface area contributed by atoms with Gasteiger partial charge in [0.05, 0.1) is 13.7 Å². The number of ether oxygens (including phenoxy) is 2. The number of methoxy groups -OCH3 is 1. The Morgan fingerprint density at radius 1 is 1.07 bits per heavy atom. The van der Waals surface area contributed by atoms with Crippen LogP contribution in [0.4, 0.5) is 22.0 Å². The van der Waals surface area contributed by atoms with Crippen molar-refractivity contribution in [3.8, 4) is 11.5 Å². The van der Waals surface area contributed by atoms with Gasteiger partial charge < -0.3 is 35.8 Å². The molecule has 1 fully saturated rings. The number of hydrogen-bond donors (Lipinski definition) is 4. The maximum Gasteiger partial charge on any atom is 0.319 e. The molecule has 1 saturated heterocycles. The third-order valence-electron chi connectivity index (χ3n) is 8.09. The van der Waals surface area contributed by atoms with Gasteiger partial charge in [-0.05, 0) is 77.8 Å². The number of piperidine rings is 1. The van der Waals surface area contributed by atoms with E-state index in [1.165, 1.54) is 0 Å². The summed E-state index contributed by atoms with van der Waals surface area (Å²) < 4.78 is 11.3. The summed E-state index contributed by atoms with van der Waals surface area (Å²) in [5.41, 5.74) is 10.6. The Morgan fingerprint density at radius 2 is 1.76 bits per heavy atom. The molecule has 1 aromatic heterocycles. The summed E-state index contributed by atoms with van der Waals surface area (Å²) in [5.74, 6) is 2.61. The number of carbonyl (C=O) groups is 1. The second kappa shape index (κ2) is 13.8. The lowest BCUT2D eigenvalue weighted by atomic mass is 9.72. The van der Waals surface area contributed by atoms with E-state index in [9.17, 15) is 9.90 Å². The molecule has 0 saturated carbocycles. The third-order valence-corrected chi connectivity index (χ3v) is 8.09. The molecule has 0 bridgehead atoms. The van der Waals surface area contributed by atoms with E-state index in [1.807, 2.05) is 36.4 Å². The fraction of sp³-hybridized carbons (Fsp3) is 0.455. The molecule has 3 aromatic rings. The van der Waals surface area contributed by atoms with Crippen LogP contribution in [0.1, 0.15) is 69.1 Å². The van der Waals surface area contributed by atoms with Crippen molar-refractivity contribution in [1.29, 1.82) is 0 Å². The number of nitrogens with one attached hydrogen (secondary N) is 2. The van der Waals surface area contributed by atoms with Gasteiger partial charge in [-0.3, -0.25) is 0 Å². The minimum Gasteiger partial charge on any atom is -0.497 e. The third kappa shape index (κ3) is 7.07. The van der Waals surface area contributed by atoms with Crippen LogP contribution in [0.5, 0.6) is 11.5 Å². The Morgan fingerprint density at radius 3 is 2.38 bits per heavy atom. The molecular formula is C33H45N5O4. The topological polar surface area (TPSA) is 122 Å². The lowest BCUT2D eigenvalue weighted by molar-refractivity contribution is 0.201. The molecule has 0 radical (unpaired) electrons. The van der Waals surface area contributed by atoms with Crippen molar-refractivity contribution in [2.75, 3.05) is 55.9 Å². The minimum absolute atomic E-state index is 0.0608. The zero-order valence-electron chi connectivity index (χ0n) is 25.4. The van der Waals surface area contributed by atoms with Gasteiger partial charge in [-0.1, -0.05) is 39.8 Å². The van der Waals surface area contributed by atoms with Crippen LogP contribution in [0.25, 0.3) is 0 Å². The van der Waals surface area contributed by atoms with E-state index in [0.29, 0.717) is 18.0 Å². The lowest BCUT2D eigenvalue weighted by Gasteiger charge is -2.43. The summed E-state index contributed by atoms with van der Waals surface area (Å²) in [4.78, 5) is 20.3. The first-order valence-corrected chi connectivity index (χ1v) is 14.7. The van der Waals surface area contributed by atoms with Crippen molar-refractivity contribution in [2.45, 2.75) is 57.8 Å². The Hall–Kier alpha value is -3.98. The minimum atomic E-state index is -0.313. The Bertz CT molecular complexity index is 1320. The van der Waals surface area contributed by atoms with E-state index in [1.54, 1.807) is 13.3 Å². The maximum atomic E-state index is 13.5. The summed E-state index contributed by atoms with van der Waals surface area (Å²) in [6, 6.07) is 15.5. The molecule has 226 valence electrons. The van der Waals surface area contributed by atoms with Gasteiger partial charge in [0, 0.05) is 42.6 Å². The van der Waals surface area contributed by atoms with E-state index in [0.717, 1.165) is 59.9 Å². The van der Waals surface area contributed by atoms with Crippen molar-refractivity contribution < 1.29 is 19.4 Å². The first kappa shape index (κ1) is 31.0. The molecule has 0 spiro atoms. The molecule has 2 aromatic carbocycles. The Labute approximate surface area is 249 Å². The number of rotatable bonds is 11. The zero-order chi connectivity index (χ0) is 30.3. The van der Waals surface area contributed by atoms with Gasteiger partial charge in [0.1, 0.15) is 12.4 Å². The number of aromatic nitrogens is 1. The average Bonchev–Trinajstić information content (AvgIpc) is 3.00. The van der Waals surface area contributed by atoms with Crippen molar-refractivity contribution in [3.05, 3.63) is 71.4 Å². The van der Waals surface area contributed by atoms with E-state index in [4.69, 9.17) is 15.2 Å². The highest BCUT2D eigenvalue weighted by molar-refractivity contribution is 5.92. The highest BCUT2D eigenvalue weighted by Crippen LogP contribution is 2.40. The molecule has 0 atom stereocenters. The number of aliphatic hydroxyl groups excluding tert-OH is 1. The van der Waals surface area contributed by atoms with Crippen LogP contribution < -0.4 is 30.7 Å². The molecule has 2 heterocycles. The van der Waals surface area contributed by atoms with Gasteiger partial charge in [0.2, 0.25) is 0 Å². The molecule has 2 amide bonds. The van der Waals surface area contributed by atoms with Gasteiger partial charge in [0.15, 0.2) is 11.6 Å². The van der Waals surface area contributed by atoms with Gasteiger partial charge >= 0.3 is 6.03 Å². The number of nitrogens with two attached hydrogens (primary N) is 1. The zero-order valence-corrected chi connectivity index (χ0v) is 25.4. The van der Waals surface area contributed by atoms with Gasteiger partial charge in [-0.25, -0.2) is 9.78 Å². The fourth-order valence-corrected chi connectivity index (χ4v) is 5.73. The number of amides is 2. The van der Waals surface area contributed by atoms with Gasteiger partial charge in [0.25, 0.3) is 0 Å². The fourth-order valence-electron chi connectivity index (χ4n) is 5.73. The van der Waals surface area contributed by atoms with Crippen LogP contribution in [0.2, 0.25) is 0 Å². The van der Waals surface area contributed by atoms with Crippen LogP contribution in [0, 0.1) is 0 Å². The smallest absolute Gasteiger partial charge is 0.319 e. The second-order valence-electron chi connectivity index (χ2n) is 11.6. The van der Waals surface area contributed by atoms with E-state index in [2.05, 4.69) is 60.3 Å². The summed E-state index contributed by atoms with van der Waals surface area (Å²) in [6.45, 7) is 10.5. The number of nitrogens with zero attached hydrogens (tertiary/aromatic N) is 2. The average molecular weight is 576 g/mol. The molecule has 5 N–H and O–H groups in total. The Kier molecular flexibility index (Phi) is 10.2. The SMILES string of the molecule is COc1cccc(C2(CNC(=O)Nc3c(C(C)C)cc(N)cc3C(C)C)CCN(c3ncccc3OCCO)CC2)c1. The number of benzene rings is 2. The first-order valence-electron chi connectivity index (χ1n) is 14.7. The summed E-state index contributed by atoms with van der Waals surface area (Å²) in [5, 5.41) is 15.6. The number of urea groups is 1. The quantitative estimate of drug-likeness (QED) is 0.218. The molecule has 9 heteroatoms. The van der Waals surface area contributed by atoms with Gasteiger partial charge in [-0.15, -0.1) is 0 Å². The van der Waals surface area contributed by atoms with E-state index >= 15 is 0 Å². The van der Waals surface area contributed by atoms with Crippen LogP contribution >= 0.6 is 0 Å². The highest BCUT2D eigenvalue weighted by atomic mass is 16.5. The van der Waals surface area contributed by atoms with Crippen LogP contribution in [0.15, 0.2) is 54.7 Å². The highest BCUT2D eigenvalue weighted by Gasteiger charge is 2.38.